The molecule has 29 heavy (non-hydrogen) atoms. The molecule has 2 aliphatic heterocycles. The number of aliphatic imine (C=N–C) groups is 1. The average Bonchev–Trinajstić information content (AvgIpc) is 3.24. The summed E-state index contributed by atoms with van der Waals surface area (Å²) in [5.74, 6) is 2.32. The molecule has 3 unspecified atom stereocenters. The first-order chi connectivity index (χ1) is 13.7. The first-order valence-electron chi connectivity index (χ1n) is 11.2. The third-order valence-corrected chi connectivity index (χ3v) is 7.22. The number of hydrogen-bond acceptors (Lipinski definition) is 4. The topological polar surface area (TPSA) is 42.9 Å². The molecule has 2 N–H and O–H groups in total. The van der Waals surface area contributed by atoms with Crippen LogP contribution in [0.4, 0.5) is 0 Å². The molecule has 1 aromatic rings. The maximum Gasteiger partial charge on any atom is 0.191 e. The van der Waals surface area contributed by atoms with Gasteiger partial charge in [0, 0.05) is 37.1 Å². The fourth-order valence-corrected chi connectivity index (χ4v) is 5.74. The van der Waals surface area contributed by atoms with Gasteiger partial charge in [-0.2, -0.15) is 0 Å². The molecular weight excluding hydrogens is 493 g/mol. The van der Waals surface area contributed by atoms with E-state index in [1.54, 1.807) is 0 Å². The van der Waals surface area contributed by atoms with Gasteiger partial charge < -0.3 is 15.5 Å². The summed E-state index contributed by atoms with van der Waals surface area (Å²) in [6.07, 6.45) is 5.20. The first kappa shape index (κ1) is 24.9. The molecule has 3 atom stereocenters. The number of rotatable bonds is 7. The van der Waals surface area contributed by atoms with E-state index in [-0.39, 0.29) is 24.0 Å². The SMILES string of the molecule is CCNC(=NCC1CCCN(CC)C1)NCC1CCCN(C)C1c1cccs1.I. The summed E-state index contributed by atoms with van der Waals surface area (Å²) in [4.78, 5) is 11.5. The molecule has 166 valence electrons. The van der Waals surface area contributed by atoms with Crippen LogP contribution < -0.4 is 10.6 Å². The van der Waals surface area contributed by atoms with Crippen molar-refractivity contribution < 1.29 is 0 Å². The van der Waals surface area contributed by atoms with Gasteiger partial charge in [0.15, 0.2) is 5.96 Å². The van der Waals surface area contributed by atoms with Crippen LogP contribution in [0.25, 0.3) is 0 Å². The standard InChI is InChI=1S/C22H39N5S.HI/c1-4-23-22(24-15-18-9-6-13-27(5-2)17-18)25-16-19-10-7-12-26(3)21(19)20-11-8-14-28-20;/h8,11,14,18-19,21H,4-7,9-10,12-13,15-17H2,1-3H3,(H2,23,24,25);1H. The Balaban J connectivity index is 0.00000300. The highest BCUT2D eigenvalue weighted by Crippen LogP contribution is 2.36. The van der Waals surface area contributed by atoms with Crippen molar-refractivity contribution in [2.45, 2.75) is 45.6 Å². The zero-order chi connectivity index (χ0) is 19.8. The number of likely N-dealkylation sites (tertiary alicyclic amines) is 2. The number of halogens is 1. The fraction of sp³-hybridized carbons (Fsp3) is 0.773. The van der Waals surface area contributed by atoms with Crippen molar-refractivity contribution in [3.63, 3.8) is 0 Å². The molecule has 3 heterocycles. The zero-order valence-corrected chi connectivity index (χ0v) is 21.5. The maximum atomic E-state index is 4.95. The lowest BCUT2D eigenvalue weighted by atomic mass is 9.88. The predicted molar refractivity (Wildman–Crippen MR) is 137 cm³/mol. The Morgan fingerprint density at radius 3 is 2.76 bits per heavy atom. The van der Waals surface area contributed by atoms with E-state index < -0.39 is 0 Å². The lowest BCUT2D eigenvalue weighted by Crippen LogP contribution is -2.45. The number of hydrogen-bond donors (Lipinski definition) is 2. The van der Waals surface area contributed by atoms with E-state index in [0.29, 0.717) is 17.9 Å². The van der Waals surface area contributed by atoms with Crippen LogP contribution in [0.1, 0.15) is 50.4 Å². The highest BCUT2D eigenvalue weighted by molar-refractivity contribution is 14.0. The minimum Gasteiger partial charge on any atom is -0.357 e. The van der Waals surface area contributed by atoms with Crippen molar-refractivity contribution in [2.24, 2.45) is 16.8 Å². The number of nitrogens with one attached hydrogen (secondary N) is 2. The highest BCUT2D eigenvalue weighted by atomic mass is 127. The summed E-state index contributed by atoms with van der Waals surface area (Å²) in [5.41, 5.74) is 0. The number of thiophene rings is 1. The third kappa shape index (κ3) is 7.36. The van der Waals surface area contributed by atoms with E-state index in [1.165, 1.54) is 50.2 Å². The Morgan fingerprint density at radius 2 is 2.03 bits per heavy atom. The minimum atomic E-state index is 0. The van der Waals surface area contributed by atoms with Crippen molar-refractivity contribution in [2.75, 3.05) is 52.9 Å². The second-order valence-corrected chi connectivity index (χ2v) is 9.32. The summed E-state index contributed by atoms with van der Waals surface area (Å²) in [6, 6.07) is 5.01. The summed E-state index contributed by atoms with van der Waals surface area (Å²) < 4.78 is 0. The highest BCUT2D eigenvalue weighted by Gasteiger charge is 2.31. The molecule has 2 saturated heterocycles. The molecule has 0 saturated carbocycles. The summed E-state index contributed by atoms with van der Waals surface area (Å²) in [6.45, 7) is 12.1. The van der Waals surface area contributed by atoms with E-state index in [2.05, 4.69) is 58.8 Å². The van der Waals surface area contributed by atoms with Gasteiger partial charge in [-0.3, -0.25) is 9.89 Å². The van der Waals surface area contributed by atoms with E-state index in [0.717, 1.165) is 32.1 Å². The number of guanidine groups is 1. The molecule has 0 radical (unpaired) electrons. The van der Waals surface area contributed by atoms with Crippen molar-refractivity contribution in [1.82, 2.24) is 20.4 Å². The normalized spacial score (nSPS) is 26.7. The maximum absolute atomic E-state index is 4.95. The summed E-state index contributed by atoms with van der Waals surface area (Å²) in [7, 11) is 2.28. The Hall–Kier alpha value is -0.380. The molecule has 0 aliphatic carbocycles. The largest absolute Gasteiger partial charge is 0.357 e. The quantitative estimate of drug-likeness (QED) is 0.316. The average molecular weight is 534 g/mol. The summed E-state index contributed by atoms with van der Waals surface area (Å²) in [5, 5.41) is 9.34. The van der Waals surface area contributed by atoms with Gasteiger partial charge >= 0.3 is 0 Å². The smallest absolute Gasteiger partial charge is 0.191 e. The van der Waals surface area contributed by atoms with Crippen LogP contribution in [-0.2, 0) is 0 Å². The Morgan fingerprint density at radius 1 is 1.21 bits per heavy atom. The van der Waals surface area contributed by atoms with Gasteiger partial charge in [0.1, 0.15) is 0 Å². The van der Waals surface area contributed by atoms with Gasteiger partial charge in [-0.1, -0.05) is 13.0 Å². The fourth-order valence-electron chi connectivity index (χ4n) is 4.76. The van der Waals surface area contributed by atoms with Crippen molar-refractivity contribution in [3.8, 4) is 0 Å². The zero-order valence-electron chi connectivity index (χ0n) is 18.4. The molecule has 2 aliphatic rings. The van der Waals surface area contributed by atoms with E-state index >= 15 is 0 Å². The third-order valence-electron chi connectivity index (χ3n) is 6.28. The van der Waals surface area contributed by atoms with Gasteiger partial charge in [0.25, 0.3) is 0 Å². The minimum absolute atomic E-state index is 0. The molecule has 0 bridgehead atoms. The molecule has 2 fully saturated rings. The molecule has 0 amide bonds. The lowest BCUT2D eigenvalue weighted by Gasteiger charge is -2.39. The van der Waals surface area contributed by atoms with Crippen LogP contribution in [0.15, 0.2) is 22.5 Å². The van der Waals surface area contributed by atoms with Gasteiger partial charge in [0.05, 0.1) is 0 Å². The van der Waals surface area contributed by atoms with Crippen molar-refractivity contribution in [1.29, 1.82) is 0 Å². The van der Waals surface area contributed by atoms with Gasteiger partial charge in [0.2, 0.25) is 0 Å². The monoisotopic (exact) mass is 533 g/mol. The molecule has 1 aromatic heterocycles. The Kier molecular flexibility index (Phi) is 11.3. The predicted octanol–water partition coefficient (Wildman–Crippen LogP) is 4.04. The molecule has 0 aromatic carbocycles. The molecule has 7 heteroatoms. The van der Waals surface area contributed by atoms with E-state index in [4.69, 9.17) is 4.99 Å². The summed E-state index contributed by atoms with van der Waals surface area (Å²) >= 11 is 1.89. The van der Waals surface area contributed by atoms with Crippen LogP contribution in [0.2, 0.25) is 0 Å². The lowest BCUT2D eigenvalue weighted by molar-refractivity contribution is 0.125. The van der Waals surface area contributed by atoms with Crippen LogP contribution in [0, 0.1) is 11.8 Å². The molecular formula is C22H40IN5S. The Labute approximate surface area is 198 Å². The van der Waals surface area contributed by atoms with Gasteiger partial charge in [-0.05, 0) is 82.6 Å². The van der Waals surface area contributed by atoms with Crippen LogP contribution in [0.5, 0.6) is 0 Å². The number of piperidine rings is 2. The Bertz CT molecular complexity index is 594. The van der Waals surface area contributed by atoms with E-state index in [1.807, 2.05) is 11.3 Å². The first-order valence-corrected chi connectivity index (χ1v) is 12.1. The van der Waals surface area contributed by atoms with Crippen LogP contribution in [-0.4, -0.2) is 68.6 Å². The van der Waals surface area contributed by atoms with Crippen LogP contribution >= 0.6 is 35.3 Å². The van der Waals surface area contributed by atoms with Crippen LogP contribution in [0.3, 0.4) is 0 Å². The molecule has 5 nitrogen and oxygen atoms in total. The van der Waals surface area contributed by atoms with E-state index in [9.17, 15) is 0 Å². The molecule has 0 spiro atoms. The second-order valence-electron chi connectivity index (χ2n) is 8.35. The van der Waals surface area contributed by atoms with Gasteiger partial charge in [-0.25, -0.2) is 0 Å². The van der Waals surface area contributed by atoms with Crippen molar-refractivity contribution in [3.05, 3.63) is 22.4 Å². The van der Waals surface area contributed by atoms with Gasteiger partial charge in [-0.15, -0.1) is 35.3 Å². The number of nitrogens with zero attached hydrogens (tertiary/aromatic N) is 3. The molecule has 3 rings (SSSR count). The second kappa shape index (κ2) is 13.1. The van der Waals surface area contributed by atoms with Crippen molar-refractivity contribution >= 4 is 41.3 Å².